The number of rotatable bonds is 13. The van der Waals surface area contributed by atoms with E-state index >= 15 is 0 Å². The molecule has 176 valence electrons. The van der Waals surface area contributed by atoms with Crippen LogP contribution in [0.25, 0.3) is 0 Å². The summed E-state index contributed by atoms with van der Waals surface area (Å²) in [4.78, 5) is 14.9. The fourth-order valence-electron chi connectivity index (χ4n) is 3.40. The van der Waals surface area contributed by atoms with Gasteiger partial charge < -0.3 is 15.0 Å². The standard InChI is InChI=1S/C24H35N3O4S/c1-4-7-15-31-22-17-20(24(28)26-13-14-27(5-2)6-3)18-23(32(25,29)30)21(22)16-19-11-9-8-10-12-19/h8-12,17-18H,4-7,13-16H2,1-3H3,(H,26,28)(H2,25,29,30). The Bertz CT molecular complexity index is 974. The fraction of sp³-hybridized carbons (Fsp3) is 0.458. The van der Waals surface area contributed by atoms with Gasteiger partial charge in [-0.15, -0.1) is 0 Å². The minimum Gasteiger partial charge on any atom is -0.493 e. The Morgan fingerprint density at radius 2 is 1.78 bits per heavy atom. The number of hydrogen-bond donors (Lipinski definition) is 2. The van der Waals surface area contributed by atoms with Crippen molar-refractivity contribution >= 4 is 15.9 Å². The van der Waals surface area contributed by atoms with E-state index in [1.165, 1.54) is 6.07 Å². The zero-order chi connectivity index (χ0) is 23.6. The summed E-state index contributed by atoms with van der Waals surface area (Å²) in [5, 5.41) is 8.43. The van der Waals surface area contributed by atoms with Crippen molar-refractivity contribution in [1.29, 1.82) is 0 Å². The molecular weight excluding hydrogens is 426 g/mol. The number of carbonyl (C=O) groups is 1. The molecule has 8 heteroatoms. The first-order valence-corrected chi connectivity index (χ1v) is 12.7. The average molecular weight is 462 g/mol. The molecule has 1 amide bonds. The van der Waals surface area contributed by atoms with Crippen LogP contribution in [0.5, 0.6) is 5.75 Å². The molecule has 7 nitrogen and oxygen atoms in total. The summed E-state index contributed by atoms with van der Waals surface area (Å²) in [6.45, 7) is 9.57. The Balaban J connectivity index is 2.41. The number of nitrogens with zero attached hydrogens (tertiary/aromatic N) is 1. The smallest absolute Gasteiger partial charge is 0.251 e. The Morgan fingerprint density at radius 3 is 2.38 bits per heavy atom. The van der Waals surface area contributed by atoms with E-state index in [-0.39, 0.29) is 16.4 Å². The third-order valence-electron chi connectivity index (χ3n) is 5.32. The van der Waals surface area contributed by atoms with Crippen LogP contribution in [0.4, 0.5) is 0 Å². The van der Waals surface area contributed by atoms with Gasteiger partial charge in [-0.1, -0.05) is 57.5 Å². The zero-order valence-electron chi connectivity index (χ0n) is 19.3. The molecule has 0 radical (unpaired) electrons. The highest BCUT2D eigenvalue weighted by atomic mass is 32.2. The molecule has 3 N–H and O–H groups in total. The SMILES string of the molecule is CCCCOc1cc(C(=O)NCCN(CC)CC)cc(S(N)(=O)=O)c1Cc1ccccc1. The second-order valence-electron chi connectivity index (χ2n) is 7.64. The summed E-state index contributed by atoms with van der Waals surface area (Å²) in [7, 11) is -4.07. The molecule has 0 unspecified atom stereocenters. The Hall–Kier alpha value is -2.42. The summed E-state index contributed by atoms with van der Waals surface area (Å²) in [6, 6.07) is 12.5. The molecule has 0 heterocycles. The van der Waals surface area contributed by atoms with Crippen LogP contribution in [-0.4, -0.2) is 52.0 Å². The van der Waals surface area contributed by atoms with E-state index in [0.29, 0.717) is 37.4 Å². The molecule has 0 aromatic heterocycles. The maximum absolute atomic E-state index is 12.8. The molecule has 0 spiro atoms. The van der Waals surface area contributed by atoms with Crippen molar-refractivity contribution in [3.05, 3.63) is 59.2 Å². The van der Waals surface area contributed by atoms with Crippen LogP contribution in [0.3, 0.4) is 0 Å². The van der Waals surface area contributed by atoms with Crippen molar-refractivity contribution < 1.29 is 17.9 Å². The number of nitrogens with one attached hydrogen (secondary N) is 1. The molecule has 2 rings (SSSR count). The highest BCUT2D eigenvalue weighted by molar-refractivity contribution is 7.89. The van der Waals surface area contributed by atoms with E-state index in [1.807, 2.05) is 37.3 Å². The van der Waals surface area contributed by atoms with Gasteiger partial charge >= 0.3 is 0 Å². The second kappa shape index (κ2) is 12.6. The maximum atomic E-state index is 12.8. The molecule has 0 aliphatic heterocycles. The van der Waals surface area contributed by atoms with Crippen LogP contribution in [0.2, 0.25) is 0 Å². The van der Waals surface area contributed by atoms with Crippen LogP contribution < -0.4 is 15.2 Å². The van der Waals surface area contributed by atoms with Crippen LogP contribution >= 0.6 is 0 Å². The lowest BCUT2D eigenvalue weighted by atomic mass is 10.0. The van der Waals surface area contributed by atoms with Gasteiger partial charge in [0.1, 0.15) is 5.75 Å². The minimum atomic E-state index is -4.07. The topological polar surface area (TPSA) is 102 Å². The quantitative estimate of drug-likeness (QED) is 0.446. The number of sulfonamides is 1. The number of amides is 1. The predicted molar refractivity (Wildman–Crippen MR) is 128 cm³/mol. The third-order valence-corrected chi connectivity index (χ3v) is 6.30. The number of primary sulfonamides is 1. The van der Waals surface area contributed by atoms with Gasteiger partial charge in [-0.05, 0) is 37.2 Å². The third kappa shape index (κ3) is 7.62. The van der Waals surface area contributed by atoms with Crippen molar-refractivity contribution in [2.75, 3.05) is 32.8 Å². The van der Waals surface area contributed by atoms with Gasteiger partial charge in [0.2, 0.25) is 10.0 Å². The number of ether oxygens (including phenoxy) is 1. The average Bonchev–Trinajstić information content (AvgIpc) is 2.77. The van der Waals surface area contributed by atoms with Crippen molar-refractivity contribution in [2.24, 2.45) is 5.14 Å². The lowest BCUT2D eigenvalue weighted by molar-refractivity contribution is 0.0948. The molecule has 0 aliphatic carbocycles. The van der Waals surface area contributed by atoms with Crippen LogP contribution in [-0.2, 0) is 16.4 Å². The summed E-state index contributed by atoms with van der Waals surface area (Å²) in [5.74, 6) is 0.0244. The van der Waals surface area contributed by atoms with Gasteiger partial charge in [-0.25, -0.2) is 13.6 Å². The van der Waals surface area contributed by atoms with Gasteiger partial charge in [0.25, 0.3) is 5.91 Å². The molecule has 0 fully saturated rings. The summed E-state index contributed by atoms with van der Waals surface area (Å²) >= 11 is 0. The highest BCUT2D eigenvalue weighted by Gasteiger charge is 2.23. The molecule has 0 saturated carbocycles. The predicted octanol–water partition coefficient (Wildman–Crippen LogP) is 3.18. The van der Waals surface area contributed by atoms with Gasteiger partial charge in [0.05, 0.1) is 11.5 Å². The Kier molecular flexibility index (Phi) is 10.2. The zero-order valence-corrected chi connectivity index (χ0v) is 20.1. The van der Waals surface area contributed by atoms with Gasteiger partial charge in [0, 0.05) is 30.6 Å². The van der Waals surface area contributed by atoms with Crippen molar-refractivity contribution in [3.8, 4) is 5.75 Å². The van der Waals surface area contributed by atoms with Crippen molar-refractivity contribution in [1.82, 2.24) is 10.2 Å². The first kappa shape index (κ1) is 25.8. The molecular formula is C24H35N3O4S. The first-order valence-electron chi connectivity index (χ1n) is 11.2. The van der Waals surface area contributed by atoms with E-state index in [4.69, 9.17) is 9.88 Å². The van der Waals surface area contributed by atoms with E-state index < -0.39 is 10.0 Å². The second-order valence-corrected chi connectivity index (χ2v) is 9.17. The Labute approximate surface area is 192 Å². The lowest BCUT2D eigenvalue weighted by Crippen LogP contribution is -2.35. The molecule has 0 atom stereocenters. The Morgan fingerprint density at radius 1 is 1.09 bits per heavy atom. The highest BCUT2D eigenvalue weighted by Crippen LogP contribution is 2.30. The van der Waals surface area contributed by atoms with Gasteiger partial charge in [-0.3, -0.25) is 4.79 Å². The number of benzene rings is 2. The maximum Gasteiger partial charge on any atom is 0.251 e. The molecule has 2 aromatic carbocycles. The number of carbonyl (C=O) groups excluding carboxylic acids is 1. The molecule has 32 heavy (non-hydrogen) atoms. The van der Waals surface area contributed by atoms with Crippen molar-refractivity contribution in [3.63, 3.8) is 0 Å². The summed E-state index contributed by atoms with van der Waals surface area (Å²) in [5.41, 5.74) is 1.61. The largest absolute Gasteiger partial charge is 0.493 e. The fourth-order valence-corrected chi connectivity index (χ4v) is 4.21. The number of nitrogens with two attached hydrogens (primary N) is 1. The van der Waals surface area contributed by atoms with Crippen LogP contribution in [0.15, 0.2) is 47.4 Å². The van der Waals surface area contributed by atoms with E-state index in [0.717, 1.165) is 31.5 Å². The van der Waals surface area contributed by atoms with Gasteiger partial charge in [-0.2, -0.15) is 0 Å². The van der Waals surface area contributed by atoms with Crippen LogP contribution in [0, 0.1) is 0 Å². The van der Waals surface area contributed by atoms with Crippen molar-refractivity contribution in [2.45, 2.75) is 44.9 Å². The van der Waals surface area contributed by atoms with E-state index in [1.54, 1.807) is 6.07 Å². The minimum absolute atomic E-state index is 0.0794. The number of unbranched alkanes of at least 4 members (excludes halogenated alkanes) is 1. The molecule has 2 aromatic rings. The molecule has 0 bridgehead atoms. The molecule has 0 saturated heterocycles. The number of likely N-dealkylation sites (N-methyl/N-ethyl adjacent to an activating group) is 1. The van der Waals surface area contributed by atoms with Crippen LogP contribution in [0.1, 0.15) is 55.1 Å². The summed E-state index contributed by atoms with van der Waals surface area (Å²) < 4.78 is 30.9. The summed E-state index contributed by atoms with van der Waals surface area (Å²) in [6.07, 6.45) is 2.08. The first-order chi connectivity index (χ1) is 15.3. The van der Waals surface area contributed by atoms with E-state index in [2.05, 4.69) is 24.1 Å². The molecule has 0 aliphatic rings. The monoisotopic (exact) mass is 461 g/mol. The van der Waals surface area contributed by atoms with E-state index in [9.17, 15) is 13.2 Å². The van der Waals surface area contributed by atoms with Gasteiger partial charge in [0.15, 0.2) is 0 Å². The number of hydrogen-bond acceptors (Lipinski definition) is 5. The lowest BCUT2D eigenvalue weighted by Gasteiger charge is -2.19. The normalized spacial score (nSPS) is 11.5.